The summed E-state index contributed by atoms with van der Waals surface area (Å²) in [5, 5.41) is 0.999. The lowest BCUT2D eigenvalue weighted by molar-refractivity contribution is 0.434. The fourth-order valence-corrected chi connectivity index (χ4v) is 6.42. The SMILES string of the molecule is CN(C)S(=O)(=O)c1cc2c(c3ncccc13)Oc1nc(=S)n(-c3ccccc3)c(N)c1C2c1ccc(Cl)cc1. The van der Waals surface area contributed by atoms with Gasteiger partial charge in [0.1, 0.15) is 11.3 Å². The van der Waals surface area contributed by atoms with Crippen LogP contribution in [0.2, 0.25) is 5.02 Å². The van der Waals surface area contributed by atoms with Crippen molar-refractivity contribution in [1.29, 1.82) is 0 Å². The molecule has 1 aliphatic heterocycles. The Morgan fingerprint density at radius 3 is 2.46 bits per heavy atom. The van der Waals surface area contributed by atoms with Gasteiger partial charge in [0.2, 0.25) is 20.7 Å². The zero-order valence-electron chi connectivity index (χ0n) is 20.9. The lowest BCUT2D eigenvalue weighted by Gasteiger charge is -2.31. The van der Waals surface area contributed by atoms with Gasteiger partial charge in [0.25, 0.3) is 0 Å². The minimum absolute atomic E-state index is 0.114. The van der Waals surface area contributed by atoms with E-state index < -0.39 is 15.9 Å². The predicted octanol–water partition coefficient (Wildman–Crippen LogP) is 5.92. The number of nitrogens with zero attached hydrogens (tertiary/aromatic N) is 4. The second-order valence-electron chi connectivity index (χ2n) is 9.24. The van der Waals surface area contributed by atoms with Crippen molar-refractivity contribution in [3.05, 3.63) is 105 Å². The van der Waals surface area contributed by atoms with E-state index in [-0.39, 0.29) is 15.5 Å². The number of ether oxygens (including phenoxy) is 1. The molecule has 196 valence electrons. The molecule has 1 atom stereocenters. The highest BCUT2D eigenvalue weighted by Crippen LogP contribution is 2.52. The third-order valence-electron chi connectivity index (χ3n) is 6.75. The number of pyridine rings is 1. The molecule has 8 nitrogen and oxygen atoms in total. The van der Waals surface area contributed by atoms with Crippen molar-refractivity contribution in [3.63, 3.8) is 0 Å². The van der Waals surface area contributed by atoms with Crippen LogP contribution in [0.3, 0.4) is 0 Å². The predicted molar refractivity (Wildman–Crippen MR) is 154 cm³/mol. The van der Waals surface area contributed by atoms with Crippen LogP contribution in [0, 0.1) is 4.77 Å². The third-order valence-corrected chi connectivity index (χ3v) is 9.13. The van der Waals surface area contributed by atoms with Crippen LogP contribution in [-0.4, -0.2) is 41.4 Å². The zero-order valence-corrected chi connectivity index (χ0v) is 23.3. The fraction of sp³-hybridized carbons (Fsp3) is 0.107. The maximum Gasteiger partial charge on any atom is 0.243 e. The van der Waals surface area contributed by atoms with E-state index in [0.717, 1.165) is 11.3 Å². The van der Waals surface area contributed by atoms with Gasteiger partial charge in [-0.3, -0.25) is 9.55 Å². The van der Waals surface area contributed by atoms with Crippen LogP contribution in [0.25, 0.3) is 16.6 Å². The van der Waals surface area contributed by atoms with Crippen molar-refractivity contribution >= 4 is 50.6 Å². The van der Waals surface area contributed by atoms with Crippen LogP contribution < -0.4 is 10.5 Å². The molecule has 0 spiro atoms. The van der Waals surface area contributed by atoms with Crippen molar-refractivity contribution < 1.29 is 13.2 Å². The second kappa shape index (κ2) is 9.42. The van der Waals surface area contributed by atoms with E-state index in [2.05, 4.69) is 9.97 Å². The zero-order chi connectivity index (χ0) is 27.5. The van der Waals surface area contributed by atoms with Gasteiger partial charge in [-0.2, -0.15) is 4.98 Å². The quantitative estimate of drug-likeness (QED) is 0.260. The van der Waals surface area contributed by atoms with Crippen LogP contribution in [0.5, 0.6) is 11.6 Å². The van der Waals surface area contributed by atoms with Crippen LogP contribution in [0.1, 0.15) is 22.6 Å². The number of para-hydroxylation sites is 1. The first-order chi connectivity index (χ1) is 18.7. The third kappa shape index (κ3) is 4.07. The molecule has 6 rings (SSSR count). The second-order valence-corrected chi connectivity index (χ2v) is 12.2. The Balaban J connectivity index is 1.74. The van der Waals surface area contributed by atoms with E-state index in [1.165, 1.54) is 18.4 Å². The molecule has 0 saturated heterocycles. The molecule has 3 aromatic carbocycles. The molecule has 11 heteroatoms. The molecular formula is C28H22ClN5O3S2. The summed E-state index contributed by atoms with van der Waals surface area (Å²) < 4.78 is 36.5. The normalized spacial score (nSPS) is 14.6. The summed E-state index contributed by atoms with van der Waals surface area (Å²) in [4.78, 5) is 9.29. The minimum Gasteiger partial charge on any atom is -0.436 e. The van der Waals surface area contributed by atoms with Crippen LogP contribution in [0.15, 0.2) is 83.9 Å². The number of halogens is 1. The Morgan fingerprint density at radius 2 is 1.77 bits per heavy atom. The molecule has 2 aromatic heterocycles. The highest BCUT2D eigenvalue weighted by atomic mass is 35.5. The molecule has 0 fully saturated rings. The van der Waals surface area contributed by atoms with Gasteiger partial charge in [0.05, 0.1) is 10.5 Å². The van der Waals surface area contributed by atoms with Gasteiger partial charge in [0.15, 0.2) is 5.75 Å². The van der Waals surface area contributed by atoms with E-state index >= 15 is 0 Å². The number of hydrogen-bond acceptors (Lipinski definition) is 7. The van der Waals surface area contributed by atoms with E-state index in [4.69, 9.17) is 34.3 Å². The molecule has 39 heavy (non-hydrogen) atoms. The van der Waals surface area contributed by atoms with Crippen molar-refractivity contribution in [3.8, 4) is 17.3 Å². The topological polar surface area (TPSA) is 103 Å². The number of aromatic nitrogens is 3. The number of nitrogen functional groups attached to an aromatic ring is 1. The first-order valence-corrected chi connectivity index (χ1v) is 14.2. The average molecular weight is 576 g/mol. The van der Waals surface area contributed by atoms with Crippen LogP contribution in [-0.2, 0) is 10.0 Å². The number of hydrogen-bond donors (Lipinski definition) is 1. The summed E-state index contributed by atoms with van der Waals surface area (Å²) in [5.41, 5.74) is 9.95. The van der Waals surface area contributed by atoms with Gasteiger partial charge in [-0.15, -0.1) is 0 Å². The highest BCUT2D eigenvalue weighted by molar-refractivity contribution is 7.89. The Labute approximate surface area is 235 Å². The first-order valence-electron chi connectivity index (χ1n) is 11.9. The summed E-state index contributed by atoms with van der Waals surface area (Å²) in [6.45, 7) is 0. The summed E-state index contributed by atoms with van der Waals surface area (Å²) in [7, 11) is -0.856. The number of nitrogens with two attached hydrogens (primary N) is 1. The molecule has 1 unspecified atom stereocenters. The number of benzene rings is 3. The largest absolute Gasteiger partial charge is 0.436 e. The number of sulfonamides is 1. The van der Waals surface area contributed by atoms with E-state index in [9.17, 15) is 8.42 Å². The minimum atomic E-state index is -3.85. The van der Waals surface area contributed by atoms with Gasteiger partial charge < -0.3 is 10.5 Å². The maximum atomic E-state index is 13.5. The standard InChI is InChI=1S/C28H22ClN5O3S2/c1-33(2)39(35,36)21-15-20-22(16-10-12-17(29)13-11-16)23-26(30)34(18-7-4-3-5-8-18)28(38)32-27(23)37-25(20)24-19(21)9-6-14-31-24/h3-15,22H,30H2,1-2H3. The molecule has 3 heterocycles. The van der Waals surface area contributed by atoms with Crippen molar-refractivity contribution in [2.75, 3.05) is 19.8 Å². The van der Waals surface area contributed by atoms with Gasteiger partial charge in [-0.05, 0) is 60.2 Å². The average Bonchev–Trinajstić information content (AvgIpc) is 2.92. The molecule has 0 bridgehead atoms. The molecule has 0 aliphatic carbocycles. The lowest BCUT2D eigenvalue weighted by atomic mass is 9.83. The molecule has 0 saturated carbocycles. The van der Waals surface area contributed by atoms with E-state index in [1.54, 1.807) is 41.1 Å². The Bertz CT molecular complexity index is 1930. The molecule has 0 amide bonds. The van der Waals surface area contributed by atoms with Gasteiger partial charge in [-0.1, -0.05) is 41.9 Å². The molecular weight excluding hydrogens is 554 g/mol. The first kappa shape index (κ1) is 25.4. The van der Waals surface area contributed by atoms with Gasteiger partial charge >= 0.3 is 0 Å². The smallest absolute Gasteiger partial charge is 0.243 e. The van der Waals surface area contributed by atoms with Crippen molar-refractivity contribution in [2.45, 2.75) is 10.8 Å². The summed E-state index contributed by atoms with van der Waals surface area (Å²) in [6.07, 6.45) is 1.60. The van der Waals surface area contributed by atoms with Crippen molar-refractivity contribution in [2.24, 2.45) is 0 Å². The Hall–Kier alpha value is -3.83. The highest BCUT2D eigenvalue weighted by Gasteiger charge is 2.37. The number of anilines is 1. The lowest BCUT2D eigenvalue weighted by Crippen LogP contribution is -2.24. The summed E-state index contributed by atoms with van der Waals surface area (Å²) in [5.74, 6) is 0.420. The molecule has 2 N–H and O–H groups in total. The molecule has 5 aromatic rings. The van der Waals surface area contributed by atoms with Crippen LogP contribution in [0.4, 0.5) is 5.82 Å². The fourth-order valence-electron chi connectivity index (χ4n) is 4.90. The van der Waals surface area contributed by atoms with Gasteiger partial charge in [-0.25, -0.2) is 12.7 Å². The van der Waals surface area contributed by atoms with Crippen LogP contribution >= 0.6 is 23.8 Å². The van der Waals surface area contributed by atoms with Gasteiger partial charge in [0, 0.05) is 47.9 Å². The maximum absolute atomic E-state index is 13.5. The van der Waals surface area contributed by atoms with Crippen molar-refractivity contribution in [1.82, 2.24) is 18.8 Å². The summed E-state index contributed by atoms with van der Waals surface area (Å²) >= 11 is 11.9. The Morgan fingerprint density at radius 1 is 1.05 bits per heavy atom. The van der Waals surface area contributed by atoms with E-state index in [0.29, 0.717) is 38.6 Å². The summed E-state index contributed by atoms with van der Waals surface area (Å²) in [6, 6.07) is 21.8. The number of rotatable bonds is 4. The number of fused-ring (bicyclic) bond motifs is 4. The van der Waals surface area contributed by atoms with E-state index in [1.807, 2.05) is 42.5 Å². The Kier molecular flexibility index (Phi) is 6.15. The monoisotopic (exact) mass is 575 g/mol. The molecule has 0 radical (unpaired) electrons. The molecule has 1 aliphatic rings.